The Morgan fingerprint density at radius 1 is 1.24 bits per heavy atom. The van der Waals surface area contributed by atoms with Gasteiger partial charge in [0.05, 0.1) is 5.69 Å². The molecular formula is C11H17N3O6S. The number of hydrogen-bond donors (Lipinski definition) is 6. The van der Waals surface area contributed by atoms with E-state index in [1.807, 2.05) is 0 Å². The van der Waals surface area contributed by atoms with Gasteiger partial charge in [0, 0.05) is 10.9 Å². The highest BCUT2D eigenvalue weighted by Crippen LogP contribution is 2.27. The number of nitrogen functional groups attached to an aromatic ring is 1. The highest BCUT2D eigenvalue weighted by molar-refractivity contribution is 7.15. The lowest BCUT2D eigenvalue weighted by Gasteiger charge is -2.15. The quantitative estimate of drug-likeness (QED) is 0.383. The van der Waals surface area contributed by atoms with Gasteiger partial charge in [-0.1, -0.05) is 0 Å². The first-order valence-corrected chi connectivity index (χ1v) is 6.85. The van der Waals surface area contributed by atoms with Crippen LogP contribution in [-0.2, 0) is 22.4 Å². The molecule has 0 spiro atoms. The number of carbonyl (C=O) groups is 2. The molecule has 10 heteroatoms. The summed E-state index contributed by atoms with van der Waals surface area (Å²) in [6.07, 6.45) is -1.51. The molecule has 1 aliphatic carbocycles. The largest absolute Gasteiger partial charge is 0.479 e. The van der Waals surface area contributed by atoms with Crippen molar-refractivity contribution >= 4 is 28.4 Å². The summed E-state index contributed by atoms with van der Waals surface area (Å²) in [5.41, 5.74) is 12.5. The van der Waals surface area contributed by atoms with E-state index in [9.17, 15) is 9.59 Å². The van der Waals surface area contributed by atoms with Gasteiger partial charge >= 0.3 is 11.9 Å². The van der Waals surface area contributed by atoms with E-state index in [0.717, 1.165) is 19.3 Å². The molecule has 8 N–H and O–H groups in total. The van der Waals surface area contributed by atoms with Gasteiger partial charge < -0.3 is 31.9 Å². The highest BCUT2D eigenvalue weighted by atomic mass is 32.1. The molecule has 0 fully saturated rings. The van der Waals surface area contributed by atoms with Gasteiger partial charge in [0.1, 0.15) is 0 Å². The van der Waals surface area contributed by atoms with Gasteiger partial charge in [-0.05, 0) is 19.3 Å². The minimum atomic E-state index is -2.27. The van der Waals surface area contributed by atoms with E-state index in [-0.39, 0.29) is 0 Å². The van der Waals surface area contributed by atoms with Crippen LogP contribution in [0, 0.1) is 0 Å². The molecule has 2 rings (SSSR count). The maximum Gasteiger partial charge on any atom is 0.335 e. The third-order valence-electron chi connectivity index (χ3n) is 2.80. The molecule has 0 amide bonds. The number of aliphatic hydroxyl groups excluding tert-OH is 2. The summed E-state index contributed by atoms with van der Waals surface area (Å²) < 4.78 is 0. The molecule has 9 nitrogen and oxygen atoms in total. The van der Waals surface area contributed by atoms with Crippen LogP contribution in [0.4, 0.5) is 5.13 Å². The van der Waals surface area contributed by atoms with E-state index in [1.165, 1.54) is 10.6 Å². The lowest BCUT2D eigenvalue weighted by Crippen LogP contribution is -2.39. The van der Waals surface area contributed by atoms with Crippen LogP contribution in [0.2, 0.25) is 0 Å². The van der Waals surface area contributed by atoms with Crippen molar-refractivity contribution in [2.24, 2.45) is 5.73 Å². The van der Waals surface area contributed by atoms with Crippen LogP contribution in [0.3, 0.4) is 0 Å². The Balaban J connectivity index is 0.000000212. The van der Waals surface area contributed by atoms with Crippen LogP contribution in [0.5, 0.6) is 0 Å². The number of hydrogen-bond acceptors (Lipinski definition) is 8. The van der Waals surface area contributed by atoms with E-state index in [4.69, 9.17) is 31.9 Å². The van der Waals surface area contributed by atoms with Gasteiger partial charge in [-0.2, -0.15) is 0 Å². The molecule has 1 heterocycles. The summed E-state index contributed by atoms with van der Waals surface area (Å²) in [5, 5.41) is 33.2. The first-order valence-electron chi connectivity index (χ1n) is 6.03. The van der Waals surface area contributed by atoms with Crippen LogP contribution < -0.4 is 11.5 Å². The molecule has 1 aliphatic rings. The molecule has 3 atom stereocenters. The van der Waals surface area contributed by atoms with Crippen molar-refractivity contribution in [1.82, 2.24) is 4.98 Å². The number of aliphatic hydroxyl groups is 2. The molecule has 0 saturated heterocycles. The number of carboxylic acid groups (broad SMARTS) is 2. The fraction of sp³-hybridized carbons (Fsp3) is 0.545. The van der Waals surface area contributed by atoms with Crippen LogP contribution in [0.15, 0.2) is 0 Å². The van der Waals surface area contributed by atoms with Crippen molar-refractivity contribution in [3.63, 3.8) is 0 Å². The second-order valence-electron chi connectivity index (χ2n) is 4.49. The molecule has 0 saturated carbocycles. The molecule has 0 aromatic carbocycles. The Morgan fingerprint density at radius 3 is 2.24 bits per heavy atom. The van der Waals surface area contributed by atoms with Gasteiger partial charge in [-0.15, -0.1) is 11.3 Å². The van der Waals surface area contributed by atoms with E-state index in [2.05, 4.69) is 4.98 Å². The van der Waals surface area contributed by atoms with Crippen LogP contribution >= 0.6 is 11.3 Å². The van der Waals surface area contributed by atoms with E-state index in [0.29, 0.717) is 11.2 Å². The summed E-state index contributed by atoms with van der Waals surface area (Å²) in [6, 6.07) is 0.322. The van der Waals surface area contributed by atoms with Crippen molar-refractivity contribution in [3.05, 3.63) is 10.6 Å². The zero-order valence-corrected chi connectivity index (χ0v) is 11.8. The first kappa shape index (κ1) is 17.3. The van der Waals surface area contributed by atoms with Crippen LogP contribution in [0.25, 0.3) is 0 Å². The fourth-order valence-corrected chi connectivity index (χ4v) is 2.66. The lowest BCUT2D eigenvalue weighted by atomic mass is 9.99. The number of fused-ring (bicyclic) bond motifs is 1. The summed E-state index contributed by atoms with van der Waals surface area (Å²) in [5.74, 6) is -3.54. The third-order valence-corrected chi connectivity index (χ3v) is 3.75. The number of nitrogens with zero attached hydrogens (tertiary/aromatic N) is 1. The Kier molecular flexibility index (Phi) is 6.03. The summed E-state index contributed by atoms with van der Waals surface area (Å²) >= 11 is 1.58. The van der Waals surface area contributed by atoms with Crippen LogP contribution in [0.1, 0.15) is 17.0 Å². The van der Waals surface area contributed by atoms with Crippen LogP contribution in [-0.4, -0.2) is 55.6 Å². The van der Waals surface area contributed by atoms with Crippen molar-refractivity contribution in [3.8, 4) is 0 Å². The number of rotatable bonds is 3. The van der Waals surface area contributed by atoms with Crippen molar-refractivity contribution < 1.29 is 30.0 Å². The van der Waals surface area contributed by atoms with Crippen molar-refractivity contribution in [2.45, 2.75) is 37.5 Å². The molecule has 1 aromatic heterocycles. The summed E-state index contributed by atoms with van der Waals surface area (Å²) in [7, 11) is 0. The molecule has 118 valence electrons. The maximum absolute atomic E-state index is 9.77. The number of aryl methyl sites for hydroxylation is 1. The van der Waals surface area contributed by atoms with Gasteiger partial charge in [0.2, 0.25) is 0 Å². The Morgan fingerprint density at radius 2 is 1.76 bits per heavy atom. The highest BCUT2D eigenvalue weighted by Gasteiger charge is 2.29. The minimum Gasteiger partial charge on any atom is -0.479 e. The maximum atomic E-state index is 9.77. The molecule has 1 aromatic rings. The zero-order chi connectivity index (χ0) is 16.2. The first-order chi connectivity index (χ1) is 9.72. The number of aromatic nitrogens is 1. The molecule has 21 heavy (non-hydrogen) atoms. The standard InChI is InChI=1S/C7H11N3S.C4H6O6/c8-4-1-2-5-6(3-4)11-7(9)10-5;5-1(3(7)8)2(6)4(9)10/h4H,1-3,8H2,(H2,9,10);1-2,5-6H,(H,7,8)(H,9,10)/t4-;/m0./s1. The normalized spacial score (nSPS) is 19.7. The number of anilines is 1. The second kappa shape index (κ2) is 7.31. The van der Waals surface area contributed by atoms with E-state index in [1.54, 1.807) is 11.3 Å². The number of thiazole rings is 1. The Bertz CT molecular complexity index is 502. The monoisotopic (exact) mass is 319 g/mol. The molecule has 0 aliphatic heterocycles. The molecule has 2 unspecified atom stereocenters. The fourth-order valence-electron chi connectivity index (χ4n) is 1.69. The average molecular weight is 319 g/mol. The van der Waals surface area contributed by atoms with Gasteiger partial charge in [-0.3, -0.25) is 0 Å². The topological polar surface area (TPSA) is 180 Å². The summed E-state index contributed by atoms with van der Waals surface area (Å²) in [6.45, 7) is 0. The lowest BCUT2D eigenvalue weighted by molar-refractivity contribution is -0.165. The zero-order valence-electron chi connectivity index (χ0n) is 11.0. The second-order valence-corrected chi connectivity index (χ2v) is 5.61. The average Bonchev–Trinajstić information content (AvgIpc) is 2.76. The van der Waals surface area contributed by atoms with E-state index < -0.39 is 24.1 Å². The smallest absolute Gasteiger partial charge is 0.335 e. The van der Waals surface area contributed by atoms with Gasteiger partial charge in [-0.25, -0.2) is 14.6 Å². The van der Waals surface area contributed by atoms with Gasteiger partial charge in [0.15, 0.2) is 17.3 Å². The van der Waals surface area contributed by atoms with Crippen molar-refractivity contribution in [2.75, 3.05) is 5.73 Å². The molecule has 0 radical (unpaired) electrons. The van der Waals surface area contributed by atoms with Gasteiger partial charge in [0.25, 0.3) is 0 Å². The Labute approximate surface area is 123 Å². The number of carboxylic acids is 2. The minimum absolute atomic E-state index is 0.322. The predicted molar refractivity (Wildman–Crippen MR) is 73.8 cm³/mol. The van der Waals surface area contributed by atoms with Crippen molar-refractivity contribution in [1.29, 1.82) is 0 Å². The molecule has 0 bridgehead atoms. The molecular weight excluding hydrogens is 302 g/mol. The number of nitrogens with two attached hydrogens (primary N) is 2. The summed E-state index contributed by atoms with van der Waals surface area (Å²) in [4.78, 5) is 25.1. The number of aliphatic carboxylic acids is 2. The predicted octanol–water partition coefficient (Wildman–Crippen LogP) is -1.58. The Hall–Kier alpha value is -1.75. The SMILES string of the molecule is Nc1nc2c(s1)C[C@@H](N)CC2.O=C(O)C(O)C(O)C(=O)O. The van der Waals surface area contributed by atoms with E-state index >= 15 is 0 Å². The third kappa shape index (κ3) is 4.93.